The first-order valence-electron chi connectivity index (χ1n) is 20.9. The number of nitrogens with zero attached hydrogens (tertiary/aromatic N) is 3. The number of ether oxygens (including phenoxy) is 3. The number of ketones is 2. The largest absolute Gasteiger partial charge is 0.489 e. The molecule has 0 aliphatic carbocycles. The van der Waals surface area contributed by atoms with Crippen molar-refractivity contribution in [2.75, 3.05) is 53.4 Å². The molecule has 7 rings (SSSR count). The molecule has 67 heavy (non-hydrogen) atoms. The standard InChI is InChI=1S/C20H19FN4O2S.C18H27N4O3PS2.C8H6BrFO/c21-13-3-1-2-12(10-13)17(26)18-19(22)25-20(28-18)24-14-4-6-15(7-5-14)27-16-8-9-23-11-16;1-18(2,3)25-17(23)22-9-8-14(10-22)24-13-6-4-12(5-7-13)20-16(27)21-15(19)28-11-26;9-5-8(11)6-2-1-3-7(10)4-6/h1-7,10,16,23H,8-9,11,22H2,(H,24,25);4-7,14H,8-11,26H2,1-3H3,(H3,19,20,21,27);1-4H,5H2. The molecule has 2 saturated heterocycles. The van der Waals surface area contributed by atoms with Crippen molar-refractivity contribution in [2.24, 2.45) is 10.7 Å². The normalized spacial score (nSPS) is 15.6. The van der Waals surface area contributed by atoms with Gasteiger partial charge >= 0.3 is 6.09 Å². The van der Waals surface area contributed by atoms with Crippen molar-refractivity contribution >= 4 is 111 Å². The van der Waals surface area contributed by atoms with Crippen LogP contribution in [0.5, 0.6) is 11.5 Å². The molecule has 2 aliphatic heterocycles. The van der Waals surface area contributed by atoms with Gasteiger partial charge in [0.15, 0.2) is 21.2 Å². The van der Waals surface area contributed by atoms with Gasteiger partial charge < -0.3 is 46.5 Å². The summed E-state index contributed by atoms with van der Waals surface area (Å²) in [5.74, 6) is 0.352. The van der Waals surface area contributed by atoms with E-state index in [2.05, 4.69) is 51.1 Å². The number of rotatable bonds is 12. The molecule has 7 N–H and O–H groups in total. The number of carbonyl (C=O) groups is 3. The lowest BCUT2D eigenvalue weighted by molar-refractivity contribution is 0.0275. The summed E-state index contributed by atoms with van der Waals surface area (Å²) in [6, 6.07) is 26.1. The number of amides is 1. The van der Waals surface area contributed by atoms with Crippen LogP contribution in [0.4, 0.5) is 35.9 Å². The van der Waals surface area contributed by atoms with E-state index in [4.69, 9.17) is 37.9 Å². The maximum Gasteiger partial charge on any atom is 0.410 e. The number of alkyl halides is 1. The number of benzene rings is 4. The van der Waals surface area contributed by atoms with Gasteiger partial charge in [0.25, 0.3) is 0 Å². The minimum absolute atomic E-state index is 0.0549. The minimum atomic E-state index is -0.498. The van der Waals surface area contributed by atoms with E-state index in [1.807, 2.05) is 69.3 Å². The quantitative estimate of drug-likeness (QED) is 0.0198. The molecule has 5 aromatic rings. The number of hydrogen-bond donors (Lipinski definition) is 5. The zero-order valence-corrected chi connectivity index (χ0v) is 42.1. The van der Waals surface area contributed by atoms with E-state index in [0.717, 1.165) is 65.6 Å². The van der Waals surface area contributed by atoms with Gasteiger partial charge in [0.1, 0.15) is 51.6 Å². The molecular formula is C46H52BrF2N8O6PS3. The molecule has 1 aromatic heterocycles. The smallest absolute Gasteiger partial charge is 0.410 e. The molecule has 0 bridgehead atoms. The van der Waals surface area contributed by atoms with Gasteiger partial charge in [0.2, 0.25) is 5.78 Å². The number of aromatic nitrogens is 1. The summed E-state index contributed by atoms with van der Waals surface area (Å²) in [5.41, 5.74) is 14.1. The van der Waals surface area contributed by atoms with Crippen LogP contribution in [0, 0.1) is 11.6 Å². The van der Waals surface area contributed by atoms with E-state index in [-0.39, 0.29) is 57.3 Å². The first-order valence-corrected chi connectivity index (χ1v) is 25.0. The Labute approximate surface area is 412 Å². The topological polar surface area (TPSA) is 196 Å². The highest BCUT2D eigenvalue weighted by Crippen LogP contribution is 2.31. The van der Waals surface area contributed by atoms with Crippen LogP contribution < -0.4 is 36.9 Å². The van der Waals surface area contributed by atoms with Crippen LogP contribution in [0.1, 0.15) is 59.2 Å². The summed E-state index contributed by atoms with van der Waals surface area (Å²) in [4.78, 5) is 45.9. The number of likely N-dealkylation sites (tertiary alicyclic amines) is 1. The molecule has 2 aliphatic rings. The molecule has 14 nitrogen and oxygen atoms in total. The highest BCUT2D eigenvalue weighted by Gasteiger charge is 2.31. The van der Waals surface area contributed by atoms with Gasteiger partial charge in [-0.15, -0.1) is 9.24 Å². The van der Waals surface area contributed by atoms with Crippen LogP contribution in [0.15, 0.2) is 102 Å². The van der Waals surface area contributed by atoms with Crippen molar-refractivity contribution in [3.63, 3.8) is 0 Å². The summed E-state index contributed by atoms with van der Waals surface area (Å²) < 4.78 is 43.2. The maximum atomic E-state index is 13.4. The van der Waals surface area contributed by atoms with Crippen molar-refractivity contribution in [1.29, 1.82) is 0 Å². The van der Waals surface area contributed by atoms with Gasteiger partial charge in [0.05, 0.1) is 11.9 Å². The first-order chi connectivity index (χ1) is 32.0. The number of amidine groups is 1. The third kappa shape index (κ3) is 17.7. The molecule has 0 saturated carbocycles. The lowest BCUT2D eigenvalue weighted by atomic mass is 10.1. The average Bonchev–Trinajstić information content (AvgIpc) is 4.07. The number of aliphatic imine (C=N–C) groups is 1. The number of thiazole rings is 1. The predicted molar refractivity (Wildman–Crippen MR) is 276 cm³/mol. The van der Waals surface area contributed by atoms with Crippen LogP contribution in [-0.2, 0) is 4.74 Å². The number of nitrogen functional groups attached to an aromatic ring is 1. The SMILES string of the molecule is CC(C)(C)OC(=O)N1CCC(Oc2ccc(NC(=S)N=C(N)SCP)cc2)C1.Nc1nc(Nc2ccc(OC3CCNC3)cc2)sc1C(=O)c1cccc(F)c1.O=C(CBr)c1cccc(F)c1. The van der Waals surface area contributed by atoms with Crippen molar-refractivity contribution < 1.29 is 37.4 Å². The van der Waals surface area contributed by atoms with Crippen LogP contribution in [-0.4, -0.2) is 92.6 Å². The molecule has 0 spiro atoms. The Kier molecular flexibility index (Phi) is 20.3. The van der Waals surface area contributed by atoms with Crippen LogP contribution in [0.25, 0.3) is 0 Å². The van der Waals surface area contributed by atoms with Gasteiger partial charge in [-0.25, -0.2) is 18.6 Å². The van der Waals surface area contributed by atoms with Gasteiger partial charge in [0, 0.05) is 47.5 Å². The highest BCUT2D eigenvalue weighted by molar-refractivity contribution is 9.09. The molecule has 4 aromatic carbocycles. The second-order valence-corrected chi connectivity index (χ2v) is 19.7. The van der Waals surface area contributed by atoms with E-state index < -0.39 is 11.4 Å². The third-order valence-electron chi connectivity index (χ3n) is 9.29. The molecule has 3 atom stereocenters. The van der Waals surface area contributed by atoms with Crippen molar-refractivity contribution in [1.82, 2.24) is 15.2 Å². The lowest BCUT2D eigenvalue weighted by Gasteiger charge is -2.24. The minimum Gasteiger partial charge on any atom is -0.489 e. The molecule has 0 radical (unpaired) electrons. The van der Waals surface area contributed by atoms with Crippen molar-refractivity contribution in [2.45, 2.75) is 51.4 Å². The number of nitrogens with two attached hydrogens (primary N) is 2. The second kappa shape index (κ2) is 25.8. The zero-order valence-electron chi connectivity index (χ0n) is 36.9. The van der Waals surface area contributed by atoms with Crippen molar-refractivity contribution in [3.8, 4) is 11.5 Å². The van der Waals surface area contributed by atoms with Crippen LogP contribution in [0.2, 0.25) is 0 Å². The fourth-order valence-electron chi connectivity index (χ4n) is 6.20. The van der Waals surface area contributed by atoms with E-state index in [0.29, 0.717) is 34.1 Å². The fourth-order valence-corrected chi connectivity index (χ4v) is 8.51. The Balaban J connectivity index is 0.000000205. The number of thiocarbonyl (C=S) groups is 1. The number of anilines is 4. The van der Waals surface area contributed by atoms with E-state index in [1.54, 1.807) is 17.0 Å². The zero-order chi connectivity index (χ0) is 48.5. The lowest BCUT2D eigenvalue weighted by Crippen LogP contribution is -2.36. The number of hydrogen-bond acceptors (Lipinski definition) is 13. The molecule has 1 amide bonds. The summed E-state index contributed by atoms with van der Waals surface area (Å²) >= 11 is 10.7. The van der Waals surface area contributed by atoms with Gasteiger partial charge in [-0.05, 0) is 119 Å². The number of nitrogens with one attached hydrogen (secondary N) is 3. The molecule has 21 heteroatoms. The van der Waals surface area contributed by atoms with Crippen LogP contribution >= 0.6 is 60.5 Å². The summed E-state index contributed by atoms with van der Waals surface area (Å²) in [5, 5.41) is 10.9. The third-order valence-corrected chi connectivity index (χ3v) is 12.0. The molecule has 3 unspecified atom stereocenters. The number of carbonyl (C=O) groups excluding carboxylic acids is 3. The number of Topliss-reactive ketones (excluding diaryl/α,β-unsaturated/α-hetero) is 1. The summed E-state index contributed by atoms with van der Waals surface area (Å²) in [6.07, 6.45) is 1.62. The second-order valence-electron chi connectivity index (χ2n) is 15.7. The first kappa shape index (κ1) is 52.7. The Morgan fingerprint density at radius 1 is 0.955 bits per heavy atom. The highest BCUT2D eigenvalue weighted by atomic mass is 79.9. The van der Waals surface area contributed by atoms with Gasteiger partial charge in [-0.3, -0.25) is 9.59 Å². The Morgan fingerprint density at radius 2 is 1.57 bits per heavy atom. The molecule has 3 heterocycles. The Morgan fingerprint density at radius 3 is 2.15 bits per heavy atom. The van der Waals surface area contributed by atoms with Gasteiger partial charge in [-0.1, -0.05) is 63.3 Å². The summed E-state index contributed by atoms with van der Waals surface area (Å²) in [6.45, 7) is 8.56. The van der Waals surface area contributed by atoms with E-state index >= 15 is 0 Å². The number of thioether (sulfide) groups is 1. The molecular weight excluding hydrogens is 1010 g/mol. The number of halogens is 3. The monoisotopic (exact) mass is 1060 g/mol. The summed E-state index contributed by atoms with van der Waals surface area (Å²) in [7, 11) is 2.56. The predicted octanol–water partition coefficient (Wildman–Crippen LogP) is 9.64. The Hall–Kier alpha value is -5.24. The fraction of sp³-hybridized carbons (Fsp3) is 0.304. The maximum absolute atomic E-state index is 13.4. The Bertz CT molecular complexity index is 2490. The van der Waals surface area contributed by atoms with E-state index in [1.165, 1.54) is 48.2 Å². The van der Waals surface area contributed by atoms with Gasteiger partial charge in [-0.2, -0.15) is 4.99 Å². The van der Waals surface area contributed by atoms with Crippen molar-refractivity contribution in [3.05, 3.63) is 125 Å². The molecule has 356 valence electrons. The van der Waals surface area contributed by atoms with Crippen LogP contribution in [0.3, 0.4) is 0 Å². The average molecular weight is 1060 g/mol. The molecule has 2 fully saturated rings. The van der Waals surface area contributed by atoms with E-state index in [9.17, 15) is 23.2 Å².